The van der Waals surface area contributed by atoms with Crippen molar-refractivity contribution in [3.63, 3.8) is 0 Å². The second-order valence-electron chi connectivity index (χ2n) is 4.98. The SMILES string of the molecule is CCOC(=O)c1c(-c2ccc([N+](=O)[O-])cc2)nc(SC)c(C#N)c1C. The maximum atomic E-state index is 12.4. The van der Waals surface area contributed by atoms with Gasteiger partial charge in [0.25, 0.3) is 5.69 Å². The number of ether oxygens (including phenoxy) is 1. The lowest BCUT2D eigenvalue weighted by molar-refractivity contribution is -0.384. The molecule has 1 heterocycles. The van der Waals surface area contributed by atoms with E-state index in [2.05, 4.69) is 11.1 Å². The number of aromatic nitrogens is 1. The van der Waals surface area contributed by atoms with E-state index in [1.165, 1.54) is 36.0 Å². The van der Waals surface area contributed by atoms with Gasteiger partial charge < -0.3 is 4.74 Å². The second kappa shape index (κ2) is 7.77. The first-order chi connectivity index (χ1) is 11.9. The Morgan fingerprint density at radius 1 is 1.40 bits per heavy atom. The molecule has 0 saturated carbocycles. The van der Waals surface area contributed by atoms with Gasteiger partial charge in [0, 0.05) is 17.7 Å². The molecule has 2 aromatic rings. The molecular weight excluding hydrogens is 342 g/mol. The largest absolute Gasteiger partial charge is 0.462 e. The predicted molar refractivity (Wildman–Crippen MR) is 93.5 cm³/mol. The lowest BCUT2D eigenvalue weighted by atomic mass is 9.98. The minimum absolute atomic E-state index is 0.0584. The molecule has 2 rings (SSSR count). The van der Waals surface area contributed by atoms with Gasteiger partial charge in [-0.2, -0.15) is 5.26 Å². The summed E-state index contributed by atoms with van der Waals surface area (Å²) >= 11 is 1.29. The van der Waals surface area contributed by atoms with E-state index in [1.807, 2.05) is 0 Å². The molecular formula is C17H15N3O4S. The average molecular weight is 357 g/mol. The van der Waals surface area contributed by atoms with Gasteiger partial charge in [-0.15, -0.1) is 11.8 Å². The minimum Gasteiger partial charge on any atom is -0.462 e. The summed E-state index contributed by atoms with van der Waals surface area (Å²) in [6.45, 7) is 3.54. The molecule has 0 fully saturated rings. The minimum atomic E-state index is -0.579. The summed E-state index contributed by atoms with van der Waals surface area (Å²) in [7, 11) is 0. The van der Waals surface area contributed by atoms with Gasteiger partial charge in [0.2, 0.25) is 0 Å². The topological polar surface area (TPSA) is 106 Å². The van der Waals surface area contributed by atoms with E-state index in [1.54, 1.807) is 20.1 Å². The summed E-state index contributed by atoms with van der Waals surface area (Å²) in [4.78, 5) is 27.2. The molecule has 0 unspecified atom stereocenters. The van der Waals surface area contributed by atoms with Gasteiger partial charge in [-0.1, -0.05) is 0 Å². The van der Waals surface area contributed by atoms with Crippen LogP contribution in [0, 0.1) is 28.4 Å². The van der Waals surface area contributed by atoms with Crippen molar-refractivity contribution in [3.8, 4) is 17.3 Å². The maximum Gasteiger partial charge on any atom is 0.340 e. The zero-order chi connectivity index (χ0) is 18.6. The number of nitrogens with zero attached hydrogens (tertiary/aromatic N) is 3. The lowest BCUT2D eigenvalue weighted by Gasteiger charge is -2.14. The van der Waals surface area contributed by atoms with Gasteiger partial charge in [0.15, 0.2) is 0 Å². The average Bonchev–Trinajstić information content (AvgIpc) is 2.60. The Kier molecular flexibility index (Phi) is 5.72. The Bertz CT molecular complexity index is 873. The summed E-state index contributed by atoms with van der Waals surface area (Å²) in [5, 5.41) is 20.7. The molecule has 0 saturated heterocycles. The van der Waals surface area contributed by atoms with Crippen LogP contribution in [0.1, 0.15) is 28.4 Å². The quantitative estimate of drug-likeness (QED) is 0.347. The van der Waals surface area contributed by atoms with Crippen LogP contribution in [-0.2, 0) is 4.74 Å². The van der Waals surface area contributed by atoms with Crippen LogP contribution >= 0.6 is 11.8 Å². The van der Waals surface area contributed by atoms with Gasteiger partial charge >= 0.3 is 5.97 Å². The van der Waals surface area contributed by atoms with E-state index in [0.29, 0.717) is 27.4 Å². The van der Waals surface area contributed by atoms with Crippen LogP contribution in [0.3, 0.4) is 0 Å². The van der Waals surface area contributed by atoms with Crippen molar-refractivity contribution in [1.29, 1.82) is 5.26 Å². The fraction of sp³-hybridized carbons (Fsp3) is 0.235. The van der Waals surface area contributed by atoms with Gasteiger partial charge in [-0.3, -0.25) is 10.1 Å². The summed E-state index contributed by atoms with van der Waals surface area (Å²) < 4.78 is 5.10. The molecule has 1 aromatic heterocycles. The number of nitro groups is 1. The number of esters is 1. The van der Waals surface area contributed by atoms with Crippen LogP contribution in [0.4, 0.5) is 5.69 Å². The molecule has 0 atom stereocenters. The predicted octanol–water partition coefficient (Wildman–Crippen LogP) is 3.74. The van der Waals surface area contributed by atoms with E-state index < -0.39 is 10.9 Å². The number of nitro benzene ring substituents is 1. The third-order valence-corrected chi connectivity index (χ3v) is 4.23. The number of thioether (sulfide) groups is 1. The van der Waals surface area contributed by atoms with Crippen LogP contribution in [0.25, 0.3) is 11.3 Å². The zero-order valence-corrected chi connectivity index (χ0v) is 14.7. The van der Waals surface area contributed by atoms with E-state index in [9.17, 15) is 20.2 Å². The number of carbonyl (C=O) groups is 1. The summed E-state index contributed by atoms with van der Waals surface area (Å²) in [6, 6.07) is 7.82. The molecule has 0 aliphatic heterocycles. The van der Waals surface area contributed by atoms with E-state index in [0.717, 1.165) is 0 Å². The fourth-order valence-electron chi connectivity index (χ4n) is 2.36. The molecule has 7 nitrogen and oxygen atoms in total. The van der Waals surface area contributed by atoms with Crippen LogP contribution in [0.2, 0.25) is 0 Å². The van der Waals surface area contributed by atoms with Crippen molar-refractivity contribution < 1.29 is 14.5 Å². The van der Waals surface area contributed by atoms with E-state index in [-0.39, 0.29) is 17.9 Å². The number of hydrogen-bond acceptors (Lipinski definition) is 7. The third kappa shape index (κ3) is 3.61. The van der Waals surface area contributed by atoms with Crippen molar-refractivity contribution >= 4 is 23.4 Å². The molecule has 25 heavy (non-hydrogen) atoms. The normalized spacial score (nSPS) is 10.2. The number of non-ortho nitro benzene ring substituents is 1. The van der Waals surface area contributed by atoms with Crippen molar-refractivity contribution in [3.05, 3.63) is 51.1 Å². The molecule has 8 heteroatoms. The van der Waals surface area contributed by atoms with Gasteiger partial charge in [-0.05, 0) is 37.8 Å². The number of nitriles is 1. The van der Waals surface area contributed by atoms with Crippen molar-refractivity contribution in [2.24, 2.45) is 0 Å². The molecule has 0 spiro atoms. The molecule has 0 radical (unpaired) electrons. The summed E-state index contributed by atoms with van der Waals surface area (Å²) in [5.74, 6) is -0.579. The first kappa shape index (κ1) is 18.4. The molecule has 128 valence electrons. The molecule has 0 aliphatic carbocycles. The summed E-state index contributed by atoms with van der Waals surface area (Å²) in [5.41, 5.74) is 1.82. The Balaban J connectivity index is 2.74. The van der Waals surface area contributed by atoms with E-state index in [4.69, 9.17) is 4.74 Å². The van der Waals surface area contributed by atoms with Crippen LogP contribution < -0.4 is 0 Å². The smallest absolute Gasteiger partial charge is 0.340 e. The Morgan fingerprint density at radius 3 is 2.52 bits per heavy atom. The van der Waals surface area contributed by atoms with Crippen molar-refractivity contribution in [1.82, 2.24) is 4.98 Å². The number of benzene rings is 1. The highest BCUT2D eigenvalue weighted by Crippen LogP contribution is 2.32. The molecule has 1 aromatic carbocycles. The molecule has 0 N–H and O–H groups in total. The Morgan fingerprint density at radius 2 is 2.04 bits per heavy atom. The number of hydrogen-bond donors (Lipinski definition) is 0. The first-order valence-electron chi connectivity index (χ1n) is 7.35. The molecule has 0 amide bonds. The Labute approximate surface area is 148 Å². The highest BCUT2D eigenvalue weighted by Gasteiger charge is 2.24. The molecule has 0 bridgehead atoms. The number of rotatable bonds is 5. The van der Waals surface area contributed by atoms with Crippen LogP contribution in [0.15, 0.2) is 29.3 Å². The molecule has 0 aliphatic rings. The standard InChI is InChI=1S/C17H15N3O4S/c1-4-24-17(21)14-10(2)13(9-18)16(25-3)19-15(14)11-5-7-12(8-6-11)20(22)23/h5-8H,4H2,1-3H3. The maximum absolute atomic E-state index is 12.4. The van der Waals surface area contributed by atoms with Crippen LogP contribution in [0.5, 0.6) is 0 Å². The van der Waals surface area contributed by atoms with E-state index >= 15 is 0 Å². The van der Waals surface area contributed by atoms with Gasteiger partial charge in [0.1, 0.15) is 11.1 Å². The zero-order valence-electron chi connectivity index (χ0n) is 13.9. The Hall–Kier alpha value is -2.92. The second-order valence-corrected chi connectivity index (χ2v) is 5.78. The fourth-order valence-corrected chi connectivity index (χ4v) is 2.94. The number of pyridine rings is 1. The summed E-state index contributed by atoms with van der Waals surface area (Å²) in [6.07, 6.45) is 1.78. The van der Waals surface area contributed by atoms with Gasteiger partial charge in [0.05, 0.1) is 28.4 Å². The van der Waals surface area contributed by atoms with Crippen molar-refractivity contribution in [2.75, 3.05) is 12.9 Å². The first-order valence-corrected chi connectivity index (χ1v) is 8.57. The highest BCUT2D eigenvalue weighted by molar-refractivity contribution is 7.98. The lowest BCUT2D eigenvalue weighted by Crippen LogP contribution is -2.12. The highest BCUT2D eigenvalue weighted by atomic mass is 32.2. The van der Waals surface area contributed by atoms with Crippen LogP contribution in [-0.4, -0.2) is 28.7 Å². The van der Waals surface area contributed by atoms with Crippen molar-refractivity contribution in [2.45, 2.75) is 18.9 Å². The van der Waals surface area contributed by atoms with Gasteiger partial charge in [-0.25, -0.2) is 9.78 Å². The monoisotopic (exact) mass is 357 g/mol. The third-order valence-electron chi connectivity index (χ3n) is 3.55. The number of carbonyl (C=O) groups excluding carboxylic acids is 1.